The van der Waals surface area contributed by atoms with Crippen LogP contribution in [0.15, 0.2) is 42.5 Å². The maximum Gasteiger partial charge on any atom is 0.248 e. The number of nitrogens with one attached hydrogen (secondary N) is 2. The van der Waals surface area contributed by atoms with Crippen LogP contribution in [0.5, 0.6) is 0 Å². The van der Waals surface area contributed by atoms with Crippen molar-refractivity contribution in [2.75, 3.05) is 25.5 Å². The summed E-state index contributed by atoms with van der Waals surface area (Å²) in [6.45, 7) is 2.63. The van der Waals surface area contributed by atoms with Gasteiger partial charge in [-0.25, -0.2) is 0 Å². The predicted molar refractivity (Wildman–Crippen MR) is 138 cm³/mol. The third kappa shape index (κ3) is 3.82. The van der Waals surface area contributed by atoms with Crippen LogP contribution in [-0.2, 0) is 14.4 Å². The van der Waals surface area contributed by atoms with E-state index in [1.54, 1.807) is 23.7 Å². The van der Waals surface area contributed by atoms with E-state index >= 15 is 0 Å². The van der Waals surface area contributed by atoms with Crippen molar-refractivity contribution < 1.29 is 19.5 Å². The summed E-state index contributed by atoms with van der Waals surface area (Å²) in [6.07, 6.45) is 3.69. The molecule has 8 heteroatoms. The first-order valence-electron chi connectivity index (χ1n) is 12.5. The smallest absolute Gasteiger partial charge is 0.248 e. The molecule has 0 aliphatic carbocycles. The monoisotopic (exact) mass is 495 g/mol. The molecular formula is C27H33N3O4S. The third-order valence-electron chi connectivity index (χ3n) is 8.13. The summed E-state index contributed by atoms with van der Waals surface area (Å²) in [4.78, 5) is 42.5. The molecule has 2 aromatic carbocycles. The zero-order valence-corrected chi connectivity index (χ0v) is 21.1. The maximum atomic E-state index is 13.9. The summed E-state index contributed by atoms with van der Waals surface area (Å²) in [6, 6.07) is 13.2. The highest BCUT2D eigenvalue weighted by molar-refractivity contribution is 8.02. The van der Waals surface area contributed by atoms with Gasteiger partial charge in [0, 0.05) is 30.6 Å². The number of amides is 3. The average molecular weight is 496 g/mol. The normalized spacial score (nSPS) is 31.1. The molecule has 186 valence electrons. The van der Waals surface area contributed by atoms with Crippen LogP contribution in [0, 0.1) is 11.8 Å². The van der Waals surface area contributed by atoms with Gasteiger partial charge in [-0.3, -0.25) is 14.4 Å². The number of aliphatic hydroxyl groups is 1. The van der Waals surface area contributed by atoms with Crippen molar-refractivity contribution in [1.29, 1.82) is 0 Å². The van der Waals surface area contributed by atoms with E-state index in [0.29, 0.717) is 25.1 Å². The molecule has 2 bridgehead atoms. The summed E-state index contributed by atoms with van der Waals surface area (Å²) in [5.41, 5.74) is 0.702. The number of benzene rings is 2. The molecule has 7 nitrogen and oxygen atoms in total. The number of anilines is 1. The molecule has 0 aromatic heterocycles. The number of aliphatic hydroxyl groups excluding tert-OH is 1. The minimum atomic E-state index is -0.637. The zero-order chi connectivity index (χ0) is 24.8. The first-order chi connectivity index (χ1) is 16.8. The van der Waals surface area contributed by atoms with Gasteiger partial charge in [0.25, 0.3) is 0 Å². The minimum absolute atomic E-state index is 0.0859. The molecule has 3 aliphatic rings. The van der Waals surface area contributed by atoms with Crippen molar-refractivity contribution in [3.63, 3.8) is 0 Å². The van der Waals surface area contributed by atoms with E-state index < -0.39 is 22.6 Å². The van der Waals surface area contributed by atoms with E-state index in [9.17, 15) is 14.4 Å². The molecule has 0 saturated carbocycles. The standard InChI is InChI=1S/C27H33N3O4S/c1-26-12-13-27(35-26)21(20(26)23(32)28-2)25(34)30(14-6-3-7-15-31)22(27)24(33)29-19-11-10-17-8-4-5-9-18(17)16-19/h4-5,8-11,16,20-22,31H,3,6-7,12-15H2,1-2H3,(H,28,32)(H,29,33)/t20-,21+,22?,26+,27?/m1/s1. The van der Waals surface area contributed by atoms with Crippen LogP contribution in [0.3, 0.4) is 0 Å². The number of unbranched alkanes of at least 4 members (excludes halogenated alkanes) is 2. The largest absolute Gasteiger partial charge is 0.396 e. The molecule has 3 saturated heterocycles. The Morgan fingerprint density at radius 3 is 2.60 bits per heavy atom. The number of nitrogens with zero attached hydrogens (tertiary/aromatic N) is 1. The number of likely N-dealkylation sites (tertiary alicyclic amines) is 1. The van der Waals surface area contributed by atoms with Crippen LogP contribution in [-0.4, -0.2) is 63.5 Å². The summed E-state index contributed by atoms with van der Waals surface area (Å²) < 4.78 is -0.966. The molecule has 5 rings (SSSR count). The van der Waals surface area contributed by atoms with E-state index in [1.165, 1.54) is 0 Å². The lowest BCUT2D eigenvalue weighted by Crippen LogP contribution is -2.52. The van der Waals surface area contributed by atoms with E-state index in [2.05, 4.69) is 17.6 Å². The van der Waals surface area contributed by atoms with E-state index in [-0.39, 0.29) is 29.1 Å². The van der Waals surface area contributed by atoms with Gasteiger partial charge in [0.05, 0.1) is 16.6 Å². The highest BCUT2D eigenvalue weighted by atomic mass is 32.2. The Morgan fingerprint density at radius 1 is 1.09 bits per heavy atom. The van der Waals surface area contributed by atoms with Crippen LogP contribution < -0.4 is 10.6 Å². The number of hydrogen-bond acceptors (Lipinski definition) is 5. The summed E-state index contributed by atoms with van der Waals surface area (Å²) in [5.74, 6) is -1.34. The molecule has 3 heterocycles. The third-order valence-corrected chi connectivity index (χ3v) is 10.1. The van der Waals surface area contributed by atoms with Crippen molar-refractivity contribution in [3.8, 4) is 0 Å². The van der Waals surface area contributed by atoms with Gasteiger partial charge >= 0.3 is 0 Å². The molecule has 35 heavy (non-hydrogen) atoms. The average Bonchev–Trinajstić information content (AvgIpc) is 3.42. The molecule has 1 spiro atoms. The van der Waals surface area contributed by atoms with Crippen LogP contribution in [0.2, 0.25) is 0 Å². The molecule has 2 unspecified atom stereocenters. The first kappa shape index (κ1) is 24.1. The maximum absolute atomic E-state index is 13.9. The van der Waals surface area contributed by atoms with Crippen LogP contribution in [0.25, 0.3) is 10.8 Å². The van der Waals surface area contributed by atoms with Crippen molar-refractivity contribution in [2.24, 2.45) is 11.8 Å². The molecule has 3 aliphatic heterocycles. The fourth-order valence-electron chi connectivity index (χ4n) is 6.57. The van der Waals surface area contributed by atoms with Gasteiger partial charge in [-0.05, 0) is 61.9 Å². The van der Waals surface area contributed by atoms with Crippen molar-refractivity contribution in [3.05, 3.63) is 42.5 Å². The minimum Gasteiger partial charge on any atom is -0.396 e. The number of hydrogen-bond donors (Lipinski definition) is 3. The highest BCUT2D eigenvalue weighted by Crippen LogP contribution is 2.71. The van der Waals surface area contributed by atoms with E-state index in [1.807, 2.05) is 42.5 Å². The Balaban J connectivity index is 1.48. The van der Waals surface area contributed by atoms with Crippen LogP contribution in [0.1, 0.15) is 39.0 Å². The highest BCUT2D eigenvalue weighted by Gasteiger charge is 2.76. The molecule has 5 atom stereocenters. The zero-order valence-electron chi connectivity index (χ0n) is 20.3. The fraction of sp³-hybridized carbons (Fsp3) is 0.519. The van der Waals surface area contributed by atoms with E-state index in [4.69, 9.17) is 5.11 Å². The lowest BCUT2D eigenvalue weighted by molar-refractivity contribution is -0.140. The molecule has 3 fully saturated rings. The molecular weight excluding hydrogens is 462 g/mol. The summed E-state index contributed by atoms with van der Waals surface area (Å²) in [5, 5.41) is 17.2. The number of carbonyl (C=O) groups is 3. The Hall–Kier alpha value is -2.58. The predicted octanol–water partition coefficient (Wildman–Crippen LogP) is 3.17. The fourth-order valence-corrected chi connectivity index (χ4v) is 8.93. The van der Waals surface area contributed by atoms with Gasteiger partial charge in [-0.1, -0.05) is 30.3 Å². The molecule has 0 radical (unpaired) electrons. The SMILES string of the molecule is CNC(=O)[C@H]1[C@H]2C(=O)N(CCCCCO)C(C(=O)Nc3ccc4ccccc4c3)C23CC[C@]1(C)S3. The summed E-state index contributed by atoms with van der Waals surface area (Å²) >= 11 is 1.68. The van der Waals surface area contributed by atoms with Gasteiger partial charge in [0.2, 0.25) is 17.7 Å². The number of fused-ring (bicyclic) bond motifs is 2. The van der Waals surface area contributed by atoms with Gasteiger partial charge in [-0.15, -0.1) is 11.8 Å². The van der Waals surface area contributed by atoms with Gasteiger partial charge in [-0.2, -0.15) is 0 Å². The lowest BCUT2D eigenvalue weighted by Gasteiger charge is -2.34. The van der Waals surface area contributed by atoms with Crippen molar-refractivity contribution >= 4 is 45.9 Å². The Bertz CT molecular complexity index is 1170. The van der Waals surface area contributed by atoms with Crippen LogP contribution in [0.4, 0.5) is 5.69 Å². The molecule has 2 aromatic rings. The number of carbonyl (C=O) groups excluding carboxylic acids is 3. The molecule has 3 N–H and O–H groups in total. The van der Waals surface area contributed by atoms with E-state index in [0.717, 1.165) is 30.0 Å². The summed E-state index contributed by atoms with van der Waals surface area (Å²) in [7, 11) is 1.62. The van der Waals surface area contributed by atoms with Crippen molar-refractivity contribution in [2.45, 2.75) is 54.6 Å². The number of thioether (sulfide) groups is 1. The van der Waals surface area contributed by atoms with Gasteiger partial charge in [0.1, 0.15) is 6.04 Å². The topological polar surface area (TPSA) is 98.7 Å². The second-order valence-electron chi connectivity index (χ2n) is 10.2. The quantitative estimate of drug-likeness (QED) is 0.489. The number of rotatable bonds is 8. The second-order valence-corrected chi connectivity index (χ2v) is 12.1. The Morgan fingerprint density at radius 2 is 1.86 bits per heavy atom. The lowest BCUT2D eigenvalue weighted by atomic mass is 9.66. The Kier molecular flexibility index (Phi) is 6.30. The molecule has 3 amide bonds. The Labute approximate surface area is 210 Å². The second kappa shape index (κ2) is 9.13. The van der Waals surface area contributed by atoms with Crippen LogP contribution >= 0.6 is 11.8 Å². The van der Waals surface area contributed by atoms with Gasteiger partial charge in [0.15, 0.2) is 0 Å². The van der Waals surface area contributed by atoms with Gasteiger partial charge < -0.3 is 20.6 Å². The first-order valence-corrected chi connectivity index (χ1v) is 13.3. The van der Waals surface area contributed by atoms with Crippen molar-refractivity contribution in [1.82, 2.24) is 10.2 Å².